The molecule has 2 N–H and O–H groups in total. The van der Waals surface area contributed by atoms with Gasteiger partial charge in [0.1, 0.15) is 0 Å². The molecule has 82 valence electrons. The lowest BCUT2D eigenvalue weighted by atomic mass is 9.95. The van der Waals surface area contributed by atoms with Crippen LogP contribution in [0.15, 0.2) is 12.2 Å². The van der Waals surface area contributed by atoms with Gasteiger partial charge >= 0.3 is 0 Å². The van der Waals surface area contributed by atoms with Gasteiger partial charge in [-0.2, -0.15) is 0 Å². The lowest BCUT2D eigenvalue weighted by Crippen LogP contribution is -2.30. The Bertz CT molecular complexity index is 308. The van der Waals surface area contributed by atoms with Crippen molar-refractivity contribution >= 4 is 9.84 Å². The summed E-state index contributed by atoms with van der Waals surface area (Å²) in [6.07, 6.45) is 2.49. The molecule has 0 aromatic carbocycles. The first-order valence-corrected chi connectivity index (χ1v) is 6.83. The summed E-state index contributed by atoms with van der Waals surface area (Å²) in [5.74, 6) is 0.766. The molecule has 2 atom stereocenters. The number of sulfone groups is 1. The molecule has 0 bridgehead atoms. The van der Waals surface area contributed by atoms with Gasteiger partial charge in [0, 0.05) is 6.04 Å². The fourth-order valence-electron chi connectivity index (χ4n) is 1.81. The normalized spacial score (nSPS) is 27.4. The van der Waals surface area contributed by atoms with Gasteiger partial charge < -0.3 is 5.73 Å². The Labute approximate surface area is 86.3 Å². The number of allylic oxidation sites excluding steroid dienone is 1. The summed E-state index contributed by atoms with van der Waals surface area (Å²) in [5.41, 5.74) is 7.06. The van der Waals surface area contributed by atoms with E-state index in [9.17, 15) is 8.42 Å². The van der Waals surface area contributed by atoms with E-state index in [-0.39, 0.29) is 17.7 Å². The van der Waals surface area contributed by atoms with Crippen molar-refractivity contribution in [3.63, 3.8) is 0 Å². The van der Waals surface area contributed by atoms with Crippen molar-refractivity contribution in [3.8, 4) is 0 Å². The fraction of sp³-hybridized carbons (Fsp3) is 0.800. The third kappa shape index (κ3) is 3.42. The van der Waals surface area contributed by atoms with E-state index < -0.39 is 9.84 Å². The Hall–Kier alpha value is -0.350. The molecule has 0 aromatic rings. The number of nitrogens with two attached hydrogens (primary N) is 1. The molecular weight excluding hydrogens is 198 g/mol. The summed E-state index contributed by atoms with van der Waals surface area (Å²) in [6, 6.07) is 0.0176. The molecule has 2 unspecified atom stereocenters. The highest BCUT2D eigenvalue weighted by molar-refractivity contribution is 7.91. The van der Waals surface area contributed by atoms with Crippen LogP contribution in [-0.4, -0.2) is 26.0 Å². The van der Waals surface area contributed by atoms with Crippen molar-refractivity contribution in [1.82, 2.24) is 0 Å². The summed E-state index contributed by atoms with van der Waals surface area (Å²) in [6.45, 7) is 5.78. The highest BCUT2D eigenvalue weighted by atomic mass is 32.2. The first-order valence-electron chi connectivity index (χ1n) is 5.01. The summed E-state index contributed by atoms with van der Waals surface area (Å²) >= 11 is 0. The maximum Gasteiger partial charge on any atom is 0.150 e. The van der Waals surface area contributed by atoms with Crippen LogP contribution in [0.2, 0.25) is 0 Å². The van der Waals surface area contributed by atoms with Crippen molar-refractivity contribution in [2.75, 3.05) is 11.5 Å². The minimum Gasteiger partial charge on any atom is -0.327 e. The van der Waals surface area contributed by atoms with E-state index >= 15 is 0 Å². The highest BCUT2D eigenvalue weighted by Gasteiger charge is 2.31. The van der Waals surface area contributed by atoms with Gasteiger partial charge in [0.2, 0.25) is 0 Å². The molecule has 0 saturated carbocycles. The summed E-state index contributed by atoms with van der Waals surface area (Å²) in [5, 5.41) is 0. The SMILES string of the molecule is C=C(C)CCC(N)C1CCS(=O)(=O)C1. The van der Waals surface area contributed by atoms with Crippen molar-refractivity contribution in [3.05, 3.63) is 12.2 Å². The zero-order valence-electron chi connectivity index (χ0n) is 8.70. The Morgan fingerprint density at radius 1 is 1.64 bits per heavy atom. The van der Waals surface area contributed by atoms with Crippen LogP contribution in [0.1, 0.15) is 26.2 Å². The van der Waals surface area contributed by atoms with Crippen LogP contribution in [0.25, 0.3) is 0 Å². The van der Waals surface area contributed by atoms with Gasteiger partial charge in [0.15, 0.2) is 9.84 Å². The molecule has 1 aliphatic rings. The van der Waals surface area contributed by atoms with Gasteiger partial charge in [-0.05, 0) is 32.1 Å². The average molecular weight is 217 g/mol. The largest absolute Gasteiger partial charge is 0.327 e. The molecule has 1 fully saturated rings. The average Bonchev–Trinajstić information content (AvgIpc) is 2.41. The Balaban J connectivity index is 2.39. The van der Waals surface area contributed by atoms with Crippen LogP contribution in [-0.2, 0) is 9.84 Å². The van der Waals surface area contributed by atoms with Gasteiger partial charge in [0.05, 0.1) is 11.5 Å². The standard InChI is InChI=1S/C10H19NO2S/c1-8(2)3-4-10(11)9-5-6-14(12,13)7-9/h9-10H,1,3-7,11H2,2H3. The number of hydrogen-bond donors (Lipinski definition) is 1. The maximum atomic E-state index is 11.2. The first-order chi connectivity index (χ1) is 6.41. The molecule has 0 aliphatic carbocycles. The third-order valence-corrected chi connectivity index (χ3v) is 4.57. The molecular formula is C10H19NO2S. The second-order valence-corrected chi connectivity index (χ2v) is 6.55. The molecule has 4 heteroatoms. The van der Waals surface area contributed by atoms with E-state index in [1.54, 1.807) is 0 Å². The van der Waals surface area contributed by atoms with Gasteiger partial charge in [-0.15, -0.1) is 6.58 Å². The summed E-state index contributed by atoms with van der Waals surface area (Å²) in [7, 11) is -2.78. The quantitative estimate of drug-likeness (QED) is 0.717. The van der Waals surface area contributed by atoms with E-state index in [0.717, 1.165) is 24.8 Å². The van der Waals surface area contributed by atoms with Gasteiger partial charge in [-0.1, -0.05) is 5.57 Å². The minimum atomic E-state index is -2.78. The molecule has 14 heavy (non-hydrogen) atoms. The van der Waals surface area contributed by atoms with E-state index in [1.807, 2.05) is 6.92 Å². The monoisotopic (exact) mass is 217 g/mol. The topological polar surface area (TPSA) is 60.2 Å². The maximum absolute atomic E-state index is 11.2. The van der Waals surface area contributed by atoms with Crippen molar-refractivity contribution < 1.29 is 8.42 Å². The van der Waals surface area contributed by atoms with Gasteiger partial charge in [-0.3, -0.25) is 0 Å². The molecule has 1 rings (SSSR count). The second kappa shape index (κ2) is 4.45. The van der Waals surface area contributed by atoms with Crippen LogP contribution in [0.5, 0.6) is 0 Å². The molecule has 0 amide bonds. The molecule has 1 saturated heterocycles. The van der Waals surface area contributed by atoms with Gasteiger partial charge in [-0.25, -0.2) is 8.42 Å². The van der Waals surface area contributed by atoms with Crippen LogP contribution in [0, 0.1) is 5.92 Å². The zero-order valence-corrected chi connectivity index (χ0v) is 9.52. The summed E-state index contributed by atoms with van der Waals surface area (Å²) in [4.78, 5) is 0. The van der Waals surface area contributed by atoms with Crippen LogP contribution in [0.4, 0.5) is 0 Å². The fourth-order valence-corrected chi connectivity index (χ4v) is 3.70. The molecule has 1 aliphatic heterocycles. The van der Waals surface area contributed by atoms with E-state index in [4.69, 9.17) is 5.73 Å². The predicted octanol–water partition coefficient (Wildman–Crippen LogP) is 1.10. The Morgan fingerprint density at radius 3 is 2.71 bits per heavy atom. The lowest BCUT2D eigenvalue weighted by Gasteiger charge is -2.17. The van der Waals surface area contributed by atoms with Crippen molar-refractivity contribution in [2.45, 2.75) is 32.2 Å². The van der Waals surface area contributed by atoms with Gasteiger partial charge in [0.25, 0.3) is 0 Å². The third-order valence-electron chi connectivity index (χ3n) is 2.78. The number of rotatable bonds is 4. The highest BCUT2D eigenvalue weighted by Crippen LogP contribution is 2.23. The lowest BCUT2D eigenvalue weighted by molar-refractivity contribution is 0.438. The van der Waals surface area contributed by atoms with E-state index in [1.165, 1.54) is 0 Å². The molecule has 1 heterocycles. The van der Waals surface area contributed by atoms with E-state index in [0.29, 0.717) is 5.75 Å². The summed E-state index contributed by atoms with van der Waals surface area (Å²) < 4.78 is 22.4. The van der Waals surface area contributed by atoms with Crippen LogP contribution >= 0.6 is 0 Å². The number of hydrogen-bond acceptors (Lipinski definition) is 3. The molecule has 3 nitrogen and oxygen atoms in total. The molecule has 0 aromatic heterocycles. The smallest absolute Gasteiger partial charge is 0.150 e. The first kappa shape index (κ1) is 11.7. The second-order valence-electron chi connectivity index (χ2n) is 4.32. The van der Waals surface area contributed by atoms with Crippen LogP contribution < -0.4 is 5.73 Å². The Morgan fingerprint density at radius 2 is 2.29 bits per heavy atom. The molecule has 0 radical (unpaired) electrons. The van der Waals surface area contributed by atoms with E-state index in [2.05, 4.69) is 6.58 Å². The predicted molar refractivity (Wildman–Crippen MR) is 58.8 cm³/mol. The Kier molecular flexibility index (Phi) is 3.72. The van der Waals surface area contributed by atoms with Crippen molar-refractivity contribution in [1.29, 1.82) is 0 Å². The molecule has 0 spiro atoms. The minimum absolute atomic E-state index is 0.0176. The zero-order chi connectivity index (χ0) is 10.8. The van der Waals surface area contributed by atoms with Crippen molar-refractivity contribution in [2.24, 2.45) is 11.7 Å². The van der Waals surface area contributed by atoms with Crippen LogP contribution in [0.3, 0.4) is 0 Å².